The van der Waals surface area contributed by atoms with E-state index in [4.69, 9.17) is 22.3 Å². The molecule has 0 saturated heterocycles. The van der Waals surface area contributed by atoms with Crippen LogP contribution in [0.5, 0.6) is 0 Å². The number of nitrogens with zero attached hydrogens (tertiary/aromatic N) is 3. The predicted molar refractivity (Wildman–Crippen MR) is 120 cm³/mol. The van der Waals surface area contributed by atoms with E-state index in [1.165, 1.54) is 0 Å². The largest absolute Gasteiger partial charge is 0.384 e. The van der Waals surface area contributed by atoms with Gasteiger partial charge in [0.2, 0.25) is 9.84 Å². The van der Waals surface area contributed by atoms with Crippen molar-refractivity contribution < 1.29 is 8.42 Å². The second kappa shape index (κ2) is 7.09. The average molecular weight is 455 g/mol. The zero-order chi connectivity index (χ0) is 20.9. The Balaban J connectivity index is 1.85. The minimum Gasteiger partial charge on any atom is -0.384 e. The fourth-order valence-corrected chi connectivity index (χ4v) is 6.23. The number of anilines is 1. The first-order valence-corrected chi connectivity index (χ1v) is 11.8. The molecule has 0 amide bonds. The highest BCUT2D eigenvalue weighted by atomic mass is 35.5. The molecule has 3 aromatic heterocycles. The Morgan fingerprint density at radius 2 is 1.67 bits per heavy atom. The van der Waals surface area contributed by atoms with Crippen LogP contribution in [0.15, 0.2) is 75.1 Å². The van der Waals surface area contributed by atoms with E-state index in [0.717, 1.165) is 16.9 Å². The van der Waals surface area contributed by atoms with Crippen LogP contribution in [0.2, 0.25) is 5.02 Å². The first kappa shape index (κ1) is 19.0. The van der Waals surface area contributed by atoms with E-state index < -0.39 is 9.84 Å². The number of halogens is 1. The molecule has 0 radical (unpaired) electrons. The number of sulfone groups is 1. The molecule has 2 aromatic carbocycles. The van der Waals surface area contributed by atoms with Gasteiger partial charge in [-0.05, 0) is 35.2 Å². The Morgan fingerprint density at radius 3 is 2.37 bits per heavy atom. The lowest BCUT2D eigenvalue weighted by atomic mass is 10.2. The van der Waals surface area contributed by atoms with Gasteiger partial charge < -0.3 is 10.3 Å². The van der Waals surface area contributed by atoms with Crippen molar-refractivity contribution >= 4 is 60.8 Å². The molecule has 0 bridgehead atoms. The molecule has 5 aromatic rings. The molecule has 9 heteroatoms. The van der Waals surface area contributed by atoms with Crippen LogP contribution in [-0.2, 0) is 16.4 Å². The van der Waals surface area contributed by atoms with E-state index in [2.05, 4.69) is 4.98 Å². The molecule has 30 heavy (non-hydrogen) atoms. The summed E-state index contributed by atoms with van der Waals surface area (Å²) in [5.74, 6) is 0.0913. The average Bonchev–Trinajstić information content (AvgIpc) is 3.36. The van der Waals surface area contributed by atoms with Crippen LogP contribution in [0.3, 0.4) is 0 Å². The Hall–Kier alpha value is -2.94. The van der Waals surface area contributed by atoms with Crippen LogP contribution in [0.1, 0.15) is 5.56 Å². The number of hydrogen-bond acceptors (Lipinski definition) is 6. The summed E-state index contributed by atoms with van der Waals surface area (Å²) < 4.78 is 28.7. The van der Waals surface area contributed by atoms with Crippen LogP contribution in [0.4, 0.5) is 5.82 Å². The molecule has 0 unspecified atom stereocenters. The van der Waals surface area contributed by atoms with Crippen LogP contribution in [-0.4, -0.2) is 23.0 Å². The molecule has 2 N–H and O–H groups in total. The monoisotopic (exact) mass is 454 g/mol. The lowest BCUT2D eigenvalue weighted by Crippen LogP contribution is -2.08. The summed E-state index contributed by atoms with van der Waals surface area (Å²) in [6.45, 7) is 0.273. The summed E-state index contributed by atoms with van der Waals surface area (Å²) in [7, 11) is -3.87. The molecule has 0 aliphatic heterocycles. The number of nitrogens with two attached hydrogens (primary N) is 1. The molecule has 6 nitrogen and oxygen atoms in total. The van der Waals surface area contributed by atoms with Gasteiger partial charge >= 0.3 is 0 Å². The van der Waals surface area contributed by atoms with Gasteiger partial charge in [0, 0.05) is 5.02 Å². The van der Waals surface area contributed by atoms with Gasteiger partial charge in [0.1, 0.15) is 20.4 Å². The van der Waals surface area contributed by atoms with Crippen molar-refractivity contribution in [2.75, 3.05) is 5.73 Å². The first-order valence-electron chi connectivity index (χ1n) is 9.03. The van der Waals surface area contributed by atoms with Crippen molar-refractivity contribution in [3.05, 3.63) is 76.6 Å². The van der Waals surface area contributed by atoms with E-state index in [1.54, 1.807) is 34.2 Å². The highest BCUT2D eigenvalue weighted by molar-refractivity contribution is 7.93. The van der Waals surface area contributed by atoms with Crippen molar-refractivity contribution in [1.29, 1.82) is 0 Å². The van der Waals surface area contributed by atoms with Gasteiger partial charge in [-0.3, -0.25) is 0 Å². The molecular weight excluding hydrogens is 440 g/mol. The maximum Gasteiger partial charge on any atom is 0.221 e. The highest BCUT2D eigenvalue weighted by Gasteiger charge is 2.31. The summed E-state index contributed by atoms with van der Waals surface area (Å²) >= 11 is 7.48. The van der Waals surface area contributed by atoms with E-state index in [-0.39, 0.29) is 27.0 Å². The van der Waals surface area contributed by atoms with Crippen LogP contribution in [0.25, 0.3) is 22.2 Å². The molecule has 3 heterocycles. The van der Waals surface area contributed by atoms with Gasteiger partial charge in [-0.15, -0.1) is 11.3 Å². The molecule has 0 aliphatic rings. The zero-order valence-corrected chi connectivity index (χ0v) is 17.9. The van der Waals surface area contributed by atoms with Gasteiger partial charge in [0.05, 0.1) is 17.6 Å². The Labute approximate surface area is 181 Å². The maximum atomic E-state index is 13.4. The lowest BCUT2D eigenvalue weighted by Gasteiger charge is -2.09. The minimum absolute atomic E-state index is 0.0229. The Bertz CT molecular complexity index is 1510. The summed E-state index contributed by atoms with van der Waals surface area (Å²) in [6, 6.07) is 17.9. The normalized spacial score (nSPS) is 12.0. The van der Waals surface area contributed by atoms with Crippen molar-refractivity contribution in [3.8, 4) is 0 Å². The number of para-hydroxylation sites is 2. The number of benzene rings is 2. The van der Waals surface area contributed by atoms with Crippen molar-refractivity contribution in [2.24, 2.45) is 0 Å². The first-order chi connectivity index (χ1) is 14.5. The number of fused-ring (bicyclic) bond motifs is 2. The standard InChI is InChI=1S/C21H15ClN4O2S2/c22-14-7-2-1-6-13(14)12-26-20(23)19(30(27,28)17-10-5-11-29-17)18-21(26)25-16-9-4-3-8-15(16)24-18/h1-11H,12,23H2. The van der Waals surface area contributed by atoms with Gasteiger partial charge in [-0.25, -0.2) is 18.4 Å². The summed E-state index contributed by atoms with van der Waals surface area (Å²) in [4.78, 5) is 9.30. The third-order valence-corrected chi connectivity index (χ3v) is 8.44. The fraction of sp³-hybridized carbons (Fsp3) is 0.0476. The Kier molecular flexibility index (Phi) is 4.50. The fourth-order valence-electron chi connectivity index (χ4n) is 3.43. The van der Waals surface area contributed by atoms with E-state index in [9.17, 15) is 8.42 Å². The molecule has 0 aliphatic carbocycles. The van der Waals surface area contributed by atoms with Gasteiger partial charge in [-0.1, -0.05) is 48.0 Å². The lowest BCUT2D eigenvalue weighted by molar-refractivity contribution is 0.599. The van der Waals surface area contributed by atoms with E-state index in [1.807, 2.05) is 36.4 Å². The highest BCUT2D eigenvalue weighted by Crippen LogP contribution is 2.37. The summed E-state index contributed by atoms with van der Waals surface area (Å²) in [6.07, 6.45) is 0. The SMILES string of the molecule is Nc1c(S(=O)(=O)c2cccs2)c2nc3ccccc3nc2n1Cc1ccccc1Cl. The third-order valence-electron chi connectivity index (χ3n) is 4.86. The smallest absolute Gasteiger partial charge is 0.221 e. The minimum atomic E-state index is -3.87. The number of hydrogen-bond donors (Lipinski definition) is 1. The second-order valence-electron chi connectivity index (χ2n) is 6.71. The third kappa shape index (κ3) is 2.96. The van der Waals surface area contributed by atoms with Crippen molar-refractivity contribution in [1.82, 2.24) is 14.5 Å². The van der Waals surface area contributed by atoms with Gasteiger partial charge in [-0.2, -0.15) is 0 Å². The van der Waals surface area contributed by atoms with E-state index in [0.29, 0.717) is 21.7 Å². The van der Waals surface area contributed by atoms with Gasteiger partial charge in [0.15, 0.2) is 5.65 Å². The zero-order valence-electron chi connectivity index (χ0n) is 15.5. The quantitative estimate of drug-likeness (QED) is 0.422. The molecule has 0 atom stereocenters. The van der Waals surface area contributed by atoms with Crippen LogP contribution in [0, 0.1) is 0 Å². The van der Waals surface area contributed by atoms with Crippen molar-refractivity contribution in [2.45, 2.75) is 15.6 Å². The molecule has 0 spiro atoms. The Morgan fingerprint density at radius 1 is 0.967 bits per heavy atom. The number of thiophene rings is 1. The molecule has 0 saturated carbocycles. The predicted octanol–water partition coefficient (Wildman–Crippen LogP) is 4.76. The molecule has 5 rings (SSSR count). The van der Waals surface area contributed by atoms with Crippen LogP contribution >= 0.6 is 22.9 Å². The number of nitrogen functional groups attached to an aromatic ring is 1. The number of rotatable bonds is 4. The maximum absolute atomic E-state index is 13.4. The molecular formula is C21H15ClN4O2S2. The molecule has 0 fully saturated rings. The summed E-state index contributed by atoms with van der Waals surface area (Å²) in [5.41, 5.74) is 9.15. The van der Waals surface area contributed by atoms with E-state index >= 15 is 0 Å². The second-order valence-corrected chi connectivity index (χ2v) is 10.2. The van der Waals surface area contributed by atoms with Crippen LogP contribution < -0.4 is 5.73 Å². The molecule has 150 valence electrons. The van der Waals surface area contributed by atoms with Crippen molar-refractivity contribution in [3.63, 3.8) is 0 Å². The topological polar surface area (TPSA) is 90.9 Å². The van der Waals surface area contributed by atoms with Gasteiger partial charge in [0.25, 0.3) is 0 Å². The number of aromatic nitrogens is 3. The summed E-state index contributed by atoms with van der Waals surface area (Å²) in [5, 5.41) is 2.28.